The molecule has 1 saturated heterocycles. The third-order valence-corrected chi connectivity index (χ3v) is 2.82. The highest BCUT2D eigenvalue weighted by molar-refractivity contribution is 4.83. The minimum atomic E-state index is 0.550. The molecule has 3 heteroatoms. The van der Waals surface area contributed by atoms with Gasteiger partial charge in [-0.2, -0.15) is 0 Å². The Kier molecular flexibility index (Phi) is 3.98. The van der Waals surface area contributed by atoms with Crippen LogP contribution in [-0.4, -0.2) is 43.2 Å². The van der Waals surface area contributed by atoms with E-state index < -0.39 is 0 Å². The zero-order valence-electron chi connectivity index (χ0n) is 8.21. The maximum atomic E-state index is 5.70. The van der Waals surface area contributed by atoms with Crippen molar-refractivity contribution in [1.29, 1.82) is 0 Å². The number of rotatable bonds is 3. The van der Waals surface area contributed by atoms with Gasteiger partial charge in [-0.1, -0.05) is 6.92 Å². The number of piperazine rings is 1. The van der Waals surface area contributed by atoms with E-state index in [1.807, 2.05) is 0 Å². The first-order valence-corrected chi connectivity index (χ1v) is 4.96. The Hall–Kier alpha value is -0.120. The van der Waals surface area contributed by atoms with E-state index in [2.05, 4.69) is 24.1 Å². The number of nitrogens with one attached hydrogen (secondary N) is 1. The van der Waals surface area contributed by atoms with Crippen molar-refractivity contribution in [2.75, 3.05) is 26.2 Å². The minimum absolute atomic E-state index is 0.550. The lowest BCUT2D eigenvalue weighted by molar-refractivity contribution is 0.117. The summed E-state index contributed by atoms with van der Waals surface area (Å²) in [5.41, 5.74) is 5.70. The second kappa shape index (κ2) is 4.80. The number of nitrogens with two attached hydrogens (primary N) is 1. The second-order valence-electron chi connectivity index (χ2n) is 3.59. The van der Waals surface area contributed by atoms with E-state index in [4.69, 9.17) is 5.73 Å². The van der Waals surface area contributed by atoms with Gasteiger partial charge in [-0.25, -0.2) is 0 Å². The first kappa shape index (κ1) is 9.96. The molecular formula is C9H21N3. The van der Waals surface area contributed by atoms with Crippen LogP contribution in [0.5, 0.6) is 0 Å². The van der Waals surface area contributed by atoms with Gasteiger partial charge in [0.1, 0.15) is 0 Å². The monoisotopic (exact) mass is 171 g/mol. The summed E-state index contributed by atoms with van der Waals surface area (Å²) in [6, 6.07) is 1.23. The van der Waals surface area contributed by atoms with Gasteiger partial charge in [0.05, 0.1) is 0 Å². The molecule has 3 nitrogen and oxygen atoms in total. The van der Waals surface area contributed by atoms with Crippen LogP contribution < -0.4 is 11.1 Å². The smallest absolute Gasteiger partial charge is 0.0346 e. The molecule has 1 aliphatic rings. The standard InChI is InChI=1S/C9H21N3/c1-3-8(2)12-5-4-11-7-9(12)6-10/h8-9,11H,3-7,10H2,1-2H3. The third-order valence-electron chi connectivity index (χ3n) is 2.82. The van der Waals surface area contributed by atoms with Crippen molar-refractivity contribution in [1.82, 2.24) is 10.2 Å². The molecule has 1 rings (SSSR count). The van der Waals surface area contributed by atoms with Crippen molar-refractivity contribution < 1.29 is 0 Å². The summed E-state index contributed by atoms with van der Waals surface area (Å²) in [5, 5.41) is 3.37. The van der Waals surface area contributed by atoms with Crippen LogP contribution in [0.4, 0.5) is 0 Å². The van der Waals surface area contributed by atoms with E-state index in [-0.39, 0.29) is 0 Å². The van der Waals surface area contributed by atoms with Crippen LogP contribution in [0, 0.1) is 0 Å². The van der Waals surface area contributed by atoms with E-state index in [0.29, 0.717) is 12.1 Å². The van der Waals surface area contributed by atoms with Crippen LogP contribution in [0.15, 0.2) is 0 Å². The topological polar surface area (TPSA) is 41.3 Å². The van der Waals surface area contributed by atoms with E-state index in [1.54, 1.807) is 0 Å². The summed E-state index contributed by atoms with van der Waals surface area (Å²) in [6.07, 6.45) is 1.22. The molecule has 1 heterocycles. The average Bonchev–Trinajstić information content (AvgIpc) is 2.16. The van der Waals surface area contributed by atoms with E-state index in [9.17, 15) is 0 Å². The molecule has 0 amide bonds. The fourth-order valence-electron chi connectivity index (χ4n) is 1.81. The number of hydrogen-bond acceptors (Lipinski definition) is 3. The molecule has 0 aromatic carbocycles. The first-order chi connectivity index (χ1) is 5.79. The van der Waals surface area contributed by atoms with Crippen LogP contribution in [0.1, 0.15) is 20.3 Å². The van der Waals surface area contributed by atoms with Crippen molar-refractivity contribution >= 4 is 0 Å². The van der Waals surface area contributed by atoms with Crippen LogP contribution in [0.2, 0.25) is 0 Å². The Balaban J connectivity index is 2.46. The van der Waals surface area contributed by atoms with Crippen molar-refractivity contribution in [3.05, 3.63) is 0 Å². The van der Waals surface area contributed by atoms with Crippen LogP contribution in [-0.2, 0) is 0 Å². The van der Waals surface area contributed by atoms with E-state index in [0.717, 1.165) is 26.2 Å². The zero-order chi connectivity index (χ0) is 8.97. The van der Waals surface area contributed by atoms with Crippen LogP contribution in [0.25, 0.3) is 0 Å². The number of nitrogens with zero attached hydrogens (tertiary/aromatic N) is 1. The largest absolute Gasteiger partial charge is 0.329 e. The Bertz CT molecular complexity index is 127. The zero-order valence-corrected chi connectivity index (χ0v) is 8.21. The Morgan fingerprint density at radius 1 is 1.67 bits per heavy atom. The molecule has 0 aliphatic carbocycles. The number of hydrogen-bond donors (Lipinski definition) is 2. The second-order valence-corrected chi connectivity index (χ2v) is 3.59. The molecule has 1 aliphatic heterocycles. The van der Waals surface area contributed by atoms with Gasteiger partial charge in [-0.05, 0) is 13.3 Å². The van der Waals surface area contributed by atoms with Crippen molar-refractivity contribution in [3.63, 3.8) is 0 Å². The first-order valence-electron chi connectivity index (χ1n) is 4.96. The predicted octanol–water partition coefficient (Wildman–Crippen LogP) is 0.0174. The summed E-state index contributed by atoms with van der Waals surface area (Å²) < 4.78 is 0. The highest BCUT2D eigenvalue weighted by atomic mass is 15.2. The molecule has 72 valence electrons. The van der Waals surface area contributed by atoms with Crippen molar-refractivity contribution in [2.24, 2.45) is 5.73 Å². The van der Waals surface area contributed by atoms with Gasteiger partial charge in [0.25, 0.3) is 0 Å². The lowest BCUT2D eigenvalue weighted by atomic mass is 10.1. The third kappa shape index (κ3) is 2.19. The molecule has 12 heavy (non-hydrogen) atoms. The molecule has 1 fully saturated rings. The average molecular weight is 171 g/mol. The Morgan fingerprint density at radius 3 is 3.00 bits per heavy atom. The maximum absolute atomic E-state index is 5.70. The highest BCUT2D eigenvalue weighted by Gasteiger charge is 2.23. The predicted molar refractivity (Wildman–Crippen MR) is 52.2 cm³/mol. The molecule has 2 unspecified atom stereocenters. The van der Waals surface area contributed by atoms with Crippen LogP contribution in [0.3, 0.4) is 0 Å². The van der Waals surface area contributed by atoms with Gasteiger partial charge >= 0.3 is 0 Å². The molecule has 0 bridgehead atoms. The molecular weight excluding hydrogens is 150 g/mol. The lowest BCUT2D eigenvalue weighted by Gasteiger charge is -2.39. The molecule has 3 N–H and O–H groups in total. The summed E-state index contributed by atoms with van der Waals surface area (Å²) in [5.74, 6) is 0. The van der Waals surface area contributed by atoms with Gasteiger partial charge in [-0.15, -0.1) is 0 Å². The van der Waals surface area contributed by atoms with Crippen molar-refractivity contribution in [2.45, 2.75) is 32.4 Å². The normalized spacial score (nSPS) is 28.8. The summed E-state index contributed by atoms with van der Waals surface area (Å²) in [7, 11) is 0. The molecule has 0 aromatic rings. The van der Waals surface area contributed by atoms with Crippen LogP contribution >= 0.6 is 0 Å². The van der Waals surface area contributed by atoms with E-state index in [1.165, 1.54) is 6.42 Å². The van der Waals surface area contributed by atoms with Gasteiger partial charge in [-0.3, -0.25) is 4.90 Å². The fourth-order valence-corrected chi connectivity index (χ4v) is 1.81. The lowest BCUT2D eigenvalue weighted by Crippen LogP contribution is -2.57. The highest BCUT2D eigenvalue weighted by Crippen LogP contribution is 2.09. The Labute approximate surface area is 75.3 Å². The molecule has 0 aromatic heterocycles. The summed E-state index contributed by atoms with van der Waals surface area (Å²) >= 11 is 0. The SMILES string of the molecule is CCC(C)N1CCNCC1CN. The minimum Gasteiger partial charge on any atom is -0.329 e. The Morgan fingerprint density at radius 2 is 2.42 bits per heavy atom. The molecule has 0 saturated carbocycles. The maximum Gasteiger partial charge on any atom is 0.0346 e. The van der Waals surface area contributed by atoms with E-state index >= 15 is 0 Å². The molecule has 0 radical (unpaired) electrons. The van der Waals surface area contributed by atoms with Gasteiger partial charge in [0.15, 0.2) is 0 Å². The van der Waals surface area contributed by atoms with Gasteiger partial charge < -0.3 is 11.1 Å². The summed E-state index contributed by atoms with van der Waals surface area (Å²) in [6.45, 7) is 8.62. The fraction of sp³-hybridized carbons (Fsp3) is 1.00. The van der Waals surface area contributed by atoms with Crippen molar-refractivity contribution in [3.8, 4) is 0 Å². The summed E-state index contributed by atoms with van der Waals surface area (Å²) in [4.78, 5) is 2.52. The van der Waals surface area contributed by atoms with Gasteiger partial charge in [0, 0.05) is 38.3 Å². The molecule has 2 atom stereocenters. The molecule has 0 spiro atoms. The van der Waals surface area contributed by atoms with Gasteiger partial charge in [0.2, 0.25) is 0 Å². The quantitative estimate of drug-likeness (QED) is 0.629.